The zero-order valence-corrected chi connectivity index (χ0v) is 21.1. The number of hydrogen-bond donors (Lipinski definition) is 1. The Morgan fingerprint density at radius 2 is 1.70 bits per heavy atom. The van der Waals surface area contributed by atoms with E-state index in [4.69, 9.17) is 14.5 Å². The average molecular weight is 499 g/mol. The van der Waals surface area contributed by atoms with Gasteiger partial charge in [-0.1, -0.05) is 42.0 Å². The minimum atomic E-state index is -0.226. The fourth-order valence-corrected chi connectivity index (χ4v) is 4.40. The van der Waals surface area contributed by atoms with E-state index in [1.54, 1.807) is 29.9 Å². The number of benzene rings is 3. The third-order valence-electron chi connectivity index (χ3n) is 6.56. The zero-order valence-electron chi connectivity index (χ0n) is 21.1. The number of hydrogen-bond acceptors (Lipinski definition) is 6. The molecule has 190 valence electrons. The van der Waals surface area contributed by atoms with E-state index in [9.17, 15) is 9.59 Å². The van der Waals surface area contributed by atoms with E-state index in [1.165, 1.54) is 5.56 Å². The van der Waals surface area contributed by atoms with Crippen LogP contribution in [-0.4, -0.2) is 48.9 Å². The maximum atomic E-state index is 13.7. The van der Waals surface area contributed by atoms with Gasteiger partial charge in [0, 0.05) is 25.2 Å². The predicted molar refractivity (Wildman–Crippen MR) is 143 cm³/mol. The molecule has 1 aliphatic heterocycles. The molecule has 1 saturated heterocycles. The summed E-state index contributed by atoms with van der Waals surface area (Å²) in [6, 6.07) is 20.8. The van der Waals surface area contributed by atoms with Crippen molar-refractivity contribution in [3.8, 4) is 5.75 Å². The molecular formula is C29H30N4O4. The molecule has 0 radical (unpaired) electrons. The van der Waals surface area contributed by atoms with Crippen LogP contribution in [0, 0.1) is 6.92 Å². The van der Waals surface area contributed by atoms with Crippen LogP contribution in [0.15, 0.2) is 71.5 Å². The summed E-state index contributed by atoms with van der Waals surface area (Å²) in [7, 11) is 1.62. The van der Waals surface area contributed by atoms with Crippen LogP contribution in [0.25, 0.3) is 10.9 Å². The molecular weight excluding hydrogens is 468 g/mol. The third-order valence-corrected chi connectivity index (χ3v) is 6.56. The van der Waals surface area contributed by atoms with E-state index in [0.717, 1.165) is 16.9 Å². The molecule has 0 aliphatic carbocycles. The molecule has 0 atom stereocenters. The first-order valence-electron chi connectivity index (χ1n) is 12.4. The van der Waals surface area contributed by atoms with Gasteiger partial charge >= 0.3 is 0 Å². The highest BCUT2D eigenvalue weighted by atomic mass is 16.5. The van der Waals surface area contributed by atoms with Gasteiger partial charge < -0.3 is 19.7 Å². The van der Waals surface area contributed by atoms with Gasteiger partial charge in [0.05, 0.1) is 37.8 Å². The summed E-state index contributed by atoms with van der Waals surface area (Å²) < 4.78 is 12.4. The quantitative estimate of drug-likeness (QED) is 0.420. The van der Waals surface area contributed by atoms with Gasteiger partial charge in [0.2, 0.25) is 5.95 Å². The van der Waals surface area contributed by atoms with Crippen molar-refractivity contribution in [1.29, 1.82) is 0 Å². The smallest absolute Gasteiger partial charge is 0.263 e. The molecule has 1 amide bonds. The van der Waals surface area contributed by atoms with Crippen LogP contribution >= 0.6 is 0 Å². The summed E-state index contributed by atoms with van der Waals surface area (Å²) in [6.45, 7) is 5.28. The molecule has 0 saturated carbocycles. The van der Waals surface area contributed by atoms with Crippen LogP contribution in [0.1, 0.15) is 27.0 Å². The number of anilines is 1. The van der Waals surface area contributed by atoms with Crippen molar-refractivity contribution >= 4 is 22.8 Å². The molecule has 1 aliphatic rings. The summed E-state index contributed by atoms with van der Waals surface area (Å²) >= 11 is 0. The van der Waals surface area contributed by atoms with Crippen molar-refractivity contribution in [2.24, 2.45) is 0 Å². The Labute approximate surface area is 215 Å². The second kappa shape index (κ2) is 10.8. The number of nitrogens with one attached hydrogen (secondary N) is 1. The van der Waals surface area contributed by atoms with Crippen molar-refractivity contribution in [1.82, 2.24) is 14.9 Å². The van der Waals surface area contributed by atoms with Crippen LogP contribution in [0.5, 0.6) is 5.75 Å². The second-order valence-electron chi connectivity index (χ2n) is 9.15. The van der Waals surface area contributed by atoms with Gasteiger partial charge in [-0.25, -0.2) is 4.98 Å². The number of morpholine rings is 1. The van der Waals surface area contributed by atoms with Crippen molar-refractivity contribution in [2.45, 2.75) is 20.0 Å². The molecule has 1 N–H and O–H groups in total. The second-order valence-corrected chi connectivity index (χ2v) is 9.15. The third kappa shape index (κ3) is 5.49. The Morgan fingerprint density at radius 3 is 2.41 bits per heavy atom. The summed E-state index contributed by atoms with van der Waals surface area (Å²) in [5.41, 5.74) is 3.98. The lowest BCUT2D eigenvalue weighted by molar-refractivity contribution is 0.0951. The molecule has 0 bridgehead atoms. The molecule has 37 heavy (non-hydrogen) atoms. The molecule has 2 heterocycles. The lowest BCUT2D eigenvalue weighted by atomic mass is 10.1. The molecule has 4 aromatic rings. The fourth-order valence-electron chi connectivity index (χ4n) is 4.40. The van der Waals surface area contributed by atoms with Crippen LogP contribution in [0.2, 0.25) is 0 Å². The Morgan fingerprint density at radius 1 is 1.00 bits per heavy atom. The summed E-state index contributed by atoms with van der Waals surface area (Å²) in [6.07, 6.45) is 0. The van der Waals surface area contributed by atoms with Gasteiger partial charge in [-0.05, 0) is 48.4 Å². The number of rotatable bonds is 7. The molecule has 8 nitrogen and oxygen atoms in total. The summed E-state index contributed by atoms with van der Waals surface area (Å²) in [4.78, 5) is 33.6. The number of aromatic nitrogens is 2. The Kier molecular flexibility index (Phi) is 7.18. The molecule has 3 aromatic carbocycles. The van der Waals surface area contributed by atoms with Crippen molar-refractivity contribution in [3.05, 3.63) is 99.3 Å². The average Bonchev–Trinajstić information content (AvgIpc) is 2.94. The van der Waals surface area contributed by atoms with Gasteiger partial charge in [-0.15, -0.1) is 0 Å². The Hall–Kier alpha value is -4.17. The lowest BCUT2D eigenvalue weighted by Crippen LogP contribution is -2.41. The topological polar surface area (TPSA) is 85.7 Å². The highest BCUT2D eigenvalue weighted by Crippen LogP contribution is 2.20. The van der Waals surface area contributed by atoms with E-state index in [1.807, 2.05) is 55.5 Å². The Bertz CT molecular complexity index is 1460. The maximum Gasteiger partial charge on any atom is 0.263 e. The number of carbonyl (C=O) groups excluding carboxylic acids is 1. The van der Waals surface area contributed by atoms with Crippen LogP contribution in [0.3, 0.4) is 0 Å². The van der Waals surface area contributed by atoms with E-state index in [0.29, 0.717) is 61.8 Å². The van der Waals surface area contributed by atoms with Gasteiger partial charge in [0.25, 0.3) is 11.5 Å². The molecule has 5 rings (SSSR count). The Balaban J connectivity index is 1.46. The number of nitrogens with zero attached hydrogens (tertiary/aromatic N) is 3. The monoisotopic (exact) mass is 498 g/mol. The molecule has 1 aromatic heterocycles. The van der Waals surface area contributed by atoms with Crippen LogP contribution < -0.4 is 20.5 Å². The normalized spacial score (nSPS) is 13.5. The number of carbonyl (C=O) groups is 1. The molecule has 0 unspecified atom stereocenters. The zero-order chi connectivity index (χ0) is 25.8. The van der Waals surface area contributed by atoms with Crippen molar-refractivity contribution in [2.75, 3.05) is 38.3 Å². The first-order chi connectivity index (χ1) is 18.0. The largest absolute Gasteiger partial charge is 0.497 e. The van der Waals surface area contributed by atoms with Gasteiger partial charge in [0.1, 0.15) is 5.75 Å². The van der Waals surface area contributed by atoms with Gasteiger partial charge in [-0.2, -0.15) is 0 Å². The first kappa shape index (κ1) is 24.5. The lowest BCUT2D eigenvalue weighted by Gasteiger charge is -2.30. The highest BCUT2D eigenvalue weighted by molar-refractivity contribution is 5.97. The molecule has 8 heteroatoms. The fraction of sp³-hybridized carbons (Fsp3) is 0.276. The first-order valence-corrected chi connectivity index (χ1v) is 12.4. The minimum Gasteiger partial charge on any atom is -0.497 e. The van der Waals surface area contributed by atoms with Gasteiger partial charge in [0.15, 0.2) is 0 Å². The summed E-state index contributed by atoms with van der Waals surface area (Å²) in [5, 5.41) is 3.42. The predicted octanol–water partition coefficient (Wildman–Crippen LogP) is 3.53. The van der Waals surface area contributed by atoms with E-state index >= 15 is 0 Å². The maximum absolute atomic E-state index is 13.7. The standard InChI is InChI=1S/C29H30N4O4/c1-20-3-5-22(6-4-20)19-33-28(35)25-12-9-23(17-26(25)31-29(33)32-13-15-37-16-14-32)27(34)30-18-21-7-10-24(36-2)11-8-21/h3-12,17H,13-16,18-19H2,1-2H3,(H,30,34). The number of methoxy groups -OCH3 is 1. The highest BCUT2D eigenvalue weighted by Gasteiger charge is 2.20. The van der Waals surface area contributed by atoms with Crippen LogP contribution in [0.4, 0.5) is 5.95 Å². The van der Waals surface area contributed by atoms with E-state index in [-0.39, 0.29) is 11.5 Å². The van der Waals surface area contributed by atoms with Crippen molar-refractivity contribution in [3.63, 3.8) is 0 Å². The number of amides is 1. The minimum absolute atomic E-state index is 0.128. The van der Waals surface area contributed by atoms with Crippen LogP contribution in [-0.2, 0) is 17.8 Å². The SMILES string of the molecule is COc1ccc(CNC(=O)c2ccc3c(=O)n(Cc4ccc(C)cc4)c(N4CCOCC4)nc3c2)cc1. The molecule has 0 spiro atoms. The van der Waals surface area contributed by atoms with Crippen molar-refractivity contribution < 1.29 is 14.3 Å². The van der Waals surface area contributed by atoms with E-state index in [2.05, 4.69) is 10.2 Å². The number of ether oxygens (including phenoxy) is 2. The number of aryl methyl sites for hydroxylation is 1. The number of fused-ring (bicyclic) bond motifs is 1. The van der Waals surface area contributed by atoms with E-state index < -0.39 is 0 Å². The molecule has 1 fully saturated rings. The van der Waals surface area contributed by atoms with Gasteiger partial charge in [-0.3, -0.25) is 14.2 Å². The summed E-state index contributed by atoms with van der Waals surface area (Å²) in [5.74, 6) is 1.13.